The van der Waals surface area contributed by atoms with Gasteiger partial charge in [-0.2, -0.15) is 0 Å². The Hall–Kier alpha value is -1.44. The first kappa shape index (κ1) is 16.4. The molecule has 7 nitrogen and oxygen atoms in total. The van der Waals surface area contributed by atoms with Gasteiger partial charge in [0, 0.05) is 38.8 Å². The molecule has 2 saturated heterocycles. The van der Waals surface area contributed by atoms with E-state index in [0.29, 0.717) is 16.8 Å². The first-order valence-electron chi connectivity index (χ1n) is 7.98. The van der Waals surface area contributed by atoms with Crippen LogP contribution in [-0.2, 0) is 0 Å². The minimum Gasteiger partial charge on any atom is -0.392 e. The Labute approximate surface area is 140 Å². The van der Waals surface area contributed by atoms with Crippen molar-refractivity contribution in [1.82, 2.24) is 9.88 Å². The van der Waals surface area contributed by atoms with Crippen LogP contribution in [0.4, 0.5) is 11.5 Å². The number of aliphatic hydroxyl groups excluding tert-OH is 1. The third kappa shape index (κ3) is 3.91. The minimum atomic E-state index is -0.486. The molecule has 0 aromatic carbocycles. The summed E-state index contributed by atoms with van der Waals surface area (Å²) < 4.78 is 0. The molecule has 3 rings (SSSR count). The maximum Gasteiger partial charge on any atom is 0.289 e. The molecule has 0 bridgehead atoms. The maximum absolute atomic E-state index is 10.8. The van der Waals surface area contributed by atoms with Crippen LogP contribution in [0.5, 0.6) is 0 Å². The van der Waals surface area contributed by atoms with Crippen molar-refractivity contribution >= 4 is 23.1 Å². The predicted molar refractivity (Wildman–Crippen MR) is 87.9 cm³/mol. The zero-order chi connectivity index (χ0) is 16.4. The van der Waals surface area contributed by atoms with E-state index in [2.05, 4.69) is 14.8 Å². The van der Waals surface area contributed by atoms with Crippen molar-refractivity contribution in [2.24, 2.45) is 5.92 Å². The van der Waals surface area contributed by atoms with Crippen molar-refractivity contribution in [3.8, 4) is 0 Å². The normalized spacial score (nSPS) is 25.7. The molecule has 2 aliphatic heterocycles. The summed E-state index contributed by atoms with van der Waals surface area (Å²) in [6, 6.07) is 1.37. The fraction of sp³-hybridized carbons (Fsp3) is 0.667. The lowest BCUT2D eigenvalue weighted by molar-refractivity contribution is -0.385. The molecule has 0 amide bonds. The highest BCUT2D eigenvalue weighted by molar-refractivity contribution is 6.33. The summed E-state index contributed by atoms with van der Waals surface area (Å²) in [7, 11) is 0. The Bertz CT molecular complexity index is 586. The van der Waals surface area contributed by atoms with Crippen molar-refractivity contribution in [3.05, 3.63) is 27.4 Å². The number of anilines is 1. The third-order valence-corrected chi connectivity index (χ3v) is 4.88. The monoisotopic (exact) mass is 340 g/mol. The van der Waals surface area contributed by atoms with E-state index in [1.165, 1.54) is 12.3 Å². The summed E-state index contributed by atoms with van der Waals surface area (Å²) in [6.45, 7) is 4.39. The molecule has 2 atom stereocenters. The van der Waals surface area contributed by atoms with E-state index in [4.69, 9.17) is 11.6 Å². The van der Waals surface area contributed by atoms with Crippen molar-refractivity contribution in [2.45, 2.75) is 25.4 Å². The second kappa shape index (κ2) is 6.98. The standard InChI is InChI=1S/C15H21ClN4O3/c16-14-6-12(20(22)23)7-17-15(14)19-4-1-2-11(9-19)8-18-5-3-13(21)10-18/h6-7,11,13,21H,1-5,8-10H2/t11-,13-/m1/s1. The molecular formula is C15H21ClN4O3. The van der Waals surface area contributed by atoms with Gasteiger partial charge in [-0.15, -0.1) is 0 Å². The van der Waals surface area contributed by atoms with E-state index in [-0.39, 0.29) is 11.8 Å². The molecule has 3 heterocycles. The molecule has 126 valence electrons. The van der Waals surface area contributed by atoms with Crippen LogP contribution < -0.4 is 4.90 Å². The zero-order valence-corrected chi connectivity index (χ0v) is 13.7. The molecular weight excluding hydrogens is 320 g/mol. The highest BCUT2D eigenvalue weighted by Gasteiger charge is 2.27. The number of halogens is 1. The van der Waals surface area contributed by atoms with E-state index in [1.54, 1.807) is 0 Å². The molecule has 0 aliphatic carbocycles. The smallest absolute Gasteiger partial charge is 0.289 e. The number of aliphatic hydroxyl groups is 1. The highest BCUT2D eigenvalue weighted by Crippen LogP contribution is 2.30. The Kier molecular flexibility index (Phi) is 4.99. The van der Waals surface area contributed by atoms with Gasteiger partial charge in [0.2, 0.25) is 0 Å². The quantitative estimate of drug-likeness (QED) is 0.666. The average Bonchev–Trinajstić information content (AvgIpc) is 2.92. The van der Waals surface area contributed by atoms with Crippen molar-refractivity contribution in [1.29, 1.82) is 0 Å². The number of likely N-dealkylation sites (tertiary alicyclic amines) is 1. The summed E-state index contributed by atoms with van der Waals surface area (Å²) in [4.78, 5) is 18.9. The molecule has 0 radical (unpaired) electrons. The van der Waals surface area contributed by atoms with Gasteiger partial charge < -0.3 is 14.9 Å². The molecule has 1 N–H and O–H groups in total. The molecule has 23 heavy (non-hydrogen) atoms. The number of nitro groups is 1. The Morgan fingerprint density at radius 2 is 2.22 bits per heavy atom. The lowest BCUT2D eigenvalue weighted by Crippen LogP contribution is -2.41. The number of rotatable bonds is 4. The number of aromatic nitrogens is 1. The van der Waals surface area contributed by atoms with Crippen LogP contribution in [-0.4, -0.2) is 58.7 Å². The number of piperidine rings is 1. The van der Waals surface area contributed by atoms with Crippen LogP contribution >= 0.6 is 11.6 Å². The third-order valence-electron chi connectivity index (χ3n) is 4.60. The molecule has 0 unspecified atom stereocenters. The van der Waals surface area contributed by atoms with Gasteiger partial charge in [-0.05, 0) is 25.2 Å². The van der Waals surface area contributed by atoms with Gasteiger partial charge >= 0.3 is 0 Å². The predicted octanol–water partition coefficient (Wildman–Crippen LogP) is 1.93. The topological polar surface area (TPSA) is 82.7 Å². The minimum absolute atomic E-state index is 0.0848. The van der Waals surface area contributed by atoms with E-state index < -0.39 is 4.92 Å². The van der Waals surface area contributed by atoms with Crippen LogP contribution in [0.25, 0.3) is 0 Å². The first-order valence-corrected chi connectivity index (χ1v) is 8.36. The van der Waals surface area contributed by atoms with Gasteiger partial charge in [-0.1, -0.05) is 11.6 Å². The Morgan fingerprint density at radius 1 is 1.39 bits per heavy atom. The highest BCUT2D eigenvalue weighted by atomic mass is 35.5. The fourth-order valence-corrected chi connectivity index (χ4v) is 3.78. The Balaban J connectivity index is 1.65. The second-order valence-electron chi connectivity index (χ2n) is 6.41. The van der Waals surface area contributed by atoms with Gasteiger partial charge in [-0.3, -0.25) is 10.1 Å². The largest absolute Gasteiger partial charge is 0.392 e. The lowest BCUT2D eigenvalue weighted by Gasteiger charge is -2.35. The number of hydrogen-bond donors (Lipinski definition) is 1. The summed E-state index contributed by atoms with van der Waals surface area (Å²) in [5.41, 5.74) is -0.0848. The summed E-state index contributed by atoms with van der Waals surface area (Å²) in [5.74, 6) is 1.13. The van der Waals surface area contributed by atoms with Gasteiger partial charge in [0.15, 0.2) is 0 Å². The molecule has 2 aliphatic rings. The molecule has 1 aromatic rings. The number of pyridine rings is 1. The van der Waals surface area contributed by atoms with Crippen molar-refractivity contribution < 1.29 is 10.0 Å². The van der Waals surface area contributed by atoms with Crippen LogP contribution in [0.2, 0.25) is 5.02 Å². The second-order valence-corrected chi connectivity index (χ2v) is 6.82. The first-order chi connectivity index (χ1) is 11.0. The maximum atomic E-state index is 10.8. The SMILES string of the molecule is O=[N+]([O-])c1cnc(N2CCC[C@H](CN3CC[C@@H](O)C3)C2)c(Cl)c1. The zero-order valence-electron chi connectivity index (χ0n) is 12.9. The molecule has 0 spiro atoms. The van der Waals surface area contributed by atoms with E-state index in [0.717, 1.165) is 52.0 Å². The van der Waals surface area contributed by atoms with Crippen molar-refractivity contribution in [2.75, 3.05) is 37.6 Å². The number of β-amino-alcohol motifs (C(OH)–C–C–N with tert-alkyl or cyclic N) is 1. The molecule has 2 fully saturated rings. The number of hydrogen-bond acceptors (Lipinski definition) is 6. The molecule has 0 saturated carbocycles. The van der Waals surface area contributed by atoms with Gasteiger partial charge in [0.05, 0.1) is 16.0 Å². The van der Waals surface area contributed by atoms with E-state index in [9.17, 15) is 15.2 Å². The van der Waals surface area contributed by atoms with Crippen molar-refractivity contribution in [3.63, 3.8) is 0 Å². The van der Waals surface area contributed by atoms with Crippen LogP contribution in [0.3, 0.4) is 0 Å². The van der Waals surface area contributed by atoms with Gasteiger partial charge in [0.25, 0.3) is 5.69 Å². The average molecular weight is 341 g/mol. The molecule has 8 heteroatoms. The number of nitrogens with zero attached hydrogens (tertiary/aromatic N) is 4. The lowest BCUT2D eigenvalue weighted by atomic mass is 9.97. The fourth-order valence-electron chi connectivity index (χ4n) is 3.50. The van der Waals surface area contributed by atoms with E-state index in [1.807, 2.05) is 0 Å². The molecule has 1 aromatic heterocycles. The van der Waals surface area contributed by atoms with Crippen LogP contribution in [0.1, 0.15) is 19.3 Å². The van der Waals surface area contributed by atoms with Gasteiger partial charge in [-0.25, -0.2) is 4.98 Å². The van der Waals surface area contributed by atoms with Gasteiger partial charge in [0.1, 0.15) is 12.0 Å². The Morgan fingerprint density at radius 3 is 2.87 bits per heavy atom. The van der Waals surface area contributed by atoms with E-state index >= 15 is 0 Å². The van der Waals surface area contributed by atoms with Crippen LogP contribution in [0, 0.1) is 16.0 Å². The summed E-state index contributed by atoms with van der Waals surface area (Å²) in [5, 5.41) is 20.7. The summed E-state index contributed by atoms with van der Waals surface area (Å²) in [6.07, 6.45) is 4.12. The summed E-state index contributed by atoms with van der Waals surface area (Å²) >= 11 is 6.19. The van der Waals surface area contributed by atoms with Crippen LogP contribution in [0.15, 0.2) is 12.3 Å².